The molecule has 0 aliphatic rings. The van der Waals surface area contributed by atoms with Crippen LogP contribution in [0.1, 0.15) is 71.6 Å². The molecule has 0 aromatic rings. The smallest absolute Gasteiger partial charge is 0.333 e. The molecule has 0 heterocycles. The second kappa shape index (κ2) is 12.9. The molecular formula is C17H33O4P. The molecule has 4 nitrogen and oxygen atoms in total. The Morgan fingerprint density at radius 1 is 1.00 bits per heavy atom. The highest BCUT2D eigenvalue weighted by atomic mass is 31.2. The third-order valence-electron chi connectivity index (χ3n) is 3.59. The Labute approximate surface area is 135 Å². The number of esters is 1. The van der Waals surface area contributed by atoms with Crippen molar-refractivity contribution in [1.29, 1.82) is 0 Å². The van der Waals surface area contributed by atoms with Crippen molar-refractivity contribution in [2.75, 3.05) is 18.9 Å². The molecule has 0 aliphatic carbocycles. The zero-order valence-electron chi connectivity index (χ0n) is 14.3. The van der Waals surface area contributed by atoms with Gasteiger partial charge in [-0.1, -0.05) is 45.6 Å². The van der Waals surface area contributed by atoms with Gasteiger partial charge in [-0.3, -0.25) is 4.57 Å². The van der Waals surface area contributed by atoms with Crippen LogP contribution in [0, 0.1) is 0 Å². The molecule has 0 saturated heterocycles. The van der Waals surface area contributed by atoms with Gasteiger partial charge < -0.3 is 9.63 Å². The zero-order chi connectivity index (χ0) is 16.8. The largest absolute Gasteiger partial charge is 0.462 e. The summed E-state index contributed by atoms with van der Waals surface area (Å²) < 4.78 is 17.0. The fourth-order valence-electron chi connectivity index (χ4n) is 2.18. The summed E-state index contributed by atoms with van der Waals surface area (Å²) in [5.74, 6) is -0.365. The number of hydrogen-bond donors (Lipinski definition) is 1. The van der Waals surface area contributed by atoms with E-state index >= 15 is 0 Å². The highest BCUT2D eigenvalue weighted by Crippen LogP contribution is 2.42. The third kappa shape index (κ3) is 13.1. The first-order valence-electron chi connectivity index (χ1n) is 8.52. The van der Waals surface area contributed by atoms with Gasteiger partial charge >= 0.3 is 5.97 Å². The zero-order valence-corrected chi connectivity index (χ0v) is 15.2. The van der Waals surface area contributed by atoms with Gasteiger partial charge in [-0.15, -0.1) is 0 Å². The summed E-state index contributed by atoms with van der Waals surface area (Å²) in [5, 5.41) is 0. The highest BCUT2D eigenvalue weighted by Gasteiger charge is 2.16. The number of rotatable bonds is 14. The minimum absolute atomic E-state index is 0.360. The summed E-state index contributed by atoms with van der Waals surface area (Å²) in [4.78, 5) is 21.0. The summed E-state index contributed by atoms with van der Waals surface area (Å²) >= 11 is 0. The predicted octanol–water partition coefficient (Wildman–Crippen LogP) is 4.91. The fraction of sp³-hybridized carbons (Fsp3) is 0.824. The summed E-state index contributed by atoms with van der Waals surface area (Å²) in [6.45, 7) is 7.67. The van der Waals surface area contributed by atoms with Crippen LogP contribution >= 0.6 is 7.37 Å². The normalized spacial score (nSPS) is 13.6. The fourth-order valence-corrected chi connectivity index (χ4v) is 3.84. The van der Waals surface area contributed by atoms with Crippen LogP contribution in [0.25, 0.3) is 0 Å². The molecule has 0 spiro atoms. The first-order chi connectivity index (χ1) is 10.4. The average Bonchev–Trinajstić information content (AvgIpc) is 2.45. The van der Waals surface area contributed by atoms with E-state index in [2.05, 4.69) is 13.5 Å². The van der Waals surface area contributed by atoms with Gasteiger partial charge in [0.25, 0.3) is 0 Å². The van der Waals surface area contributed by atoms with Crippen molar-refractivity contribution < 1.29 is 19.0 Å². The Kier molecular flexibility index (Phi) is 12.5. The summed E-state index contributed by atoms with van der Waals surface area (Å²) in [7, 11) is -2.95. The molecule has 0 saturated carbocycles. The lowest BCUT2D eigenvalue weighted by Crippen LogP contribution is -2.06. The van der Waals surface area contributed by atoms with Crippen molar-refractivity contribution in [3.05, 3.63) is 12.2 Å². The van der Waals surface area contributed by atoms with E-state index in [0.29, 0.717) is 30.9 Å². The van der Waals surface area contributed by atoms with E-state index in [1.165, 1.54) is 25.7 Å². The highest BCUT2D eigenvalue weighted by molar-refractivity contribution is 7.57. The van der Waals surface area contributed by atoms with Gasteiger partial charge in [0.05, 0.1) is 6.61 Å². The van der Waals surface area contributed by atoms with Gasteiger partial charge in [-0.25, -0.2) is 4.79 Å². The summed E-state index contributed by atoms with van der Waals surface area (Å²) in [6, 6.07) is 0. The first-order valence-corrected chi connectivity index (χ1v) is 10.6. The molecule has 5 heteroatoms. The Hall–Kier alpha value is -0.600. The van der Waals surface area contributed by atoms with E-state index in [1.54, 1.807) is 6.92 Å². The maximum Gasteiger partial charge on any atom is 0.333 e. The molecule has 130 valence electrons. The number of carbonyl (C=O) groups excluding carboxylic acids is 1. The molecule has 0 aromatic heterocycles. The molecule has 0 bridgehead atoms. The Morgan fingerprint density at radius 2 is 1.50 bits per heavy atom. The SMILES string of the molecule is C=C(C)C(=O)OCCCCCP(=O)(O)CCCCCCCC. The van der Waals surface area contributed by atoms with Gasteiger partial charge in [-0.2, -0.15) is 0 Å². The lowest BCUT2D eigenvalue weighted by molar-refractivity contribution is -0.139. The van der Waals surface area contributed by atoms with Crippen molar-refractivity contribution in [3.63, 3.8) is 0 Å². The van der Waals surface area contributed by atoms with Crippen molar-refractivity contribution >= 4 is 13.3 Å². The molecule has 1 N–H and O–H groups in total. The van der Waals surface area contributed by atoms with Crippen LogP contribution in [0.5, 0.6) is 0 Å². The molecule has 0 rings (SSSR count). The molecule has 1 atom stereocenters. The third-order valence-corrected chi connectivity index (χ3v) is 5.62. The molecule has 0 aliphatic heterocycles. The van der Waals surface area contributed by atoms with Gasteiger partial charge in [-0.05, 0) is 32.6 Å². The Bertz CT molecular complexity index is 366. The van der Waals surface area contributed by atoms with Crippen molar-refractivity contribution in [2.45, 2.75) is 71.6 Å². The van der Waals surface area contributed by atoms with Crippen molar-refractivity contribution in [2.24, 2.45) is 0 Å². The predicted molar refractivity (Wildman–Crippen MR) is 92.6 cm³/mol. The molecule has 1 unspecified atom stereocenters. The molecular weight excluding hydrogens is 299 g/mol. The van der Waals surface area contributed by atoms with Crippen LogP contribution in [-0.4, -0.2) is 29.8 Å². The van der Waals surface area contributed by atoms with E-state index in [4.69, 9.17) is 4.74 Å². The van der Waals surface area contributed by atoms with E-state index in [1.807, 2.05) is 0 Å². The van der Waals surface area contributed by atoms with Crippen LogP contribution in [0.2, 0.25) is 0 Å². The van der Waals surface area contributed by atoms with Gasteiger partial charge in [0.1, 0.15) is 0 Å². The van der Waals surface area contributed by atoms with Crippen LogP contribution in [0.15, 0.2) is 12.2 Å². The maximum atomic E-state index is 12.0. The lowest BCUT2D eigenvalue weighted by atomic mass is 10.1. The van der Waals surface area contributed by atoms with Crippen LogP contribution in [0.3, 0.4) is 0 Å². The van der Waals surface area contributed by atoms with E-state index in [9.17, 15) is 14.3 Å². The van der Waals surface area contributed by atoms with E-state index in [-0.39, 0.29) is 5.97 Å². The molecule has 0 radical (unpaired) electrons. The molecule has 0 aromatic carbocycles. The minimum Gasteiger partial charge on any atom is -0.462 e. The maximum absolute atomic E-state index is 12.0. The van der Waals surface area contributed by atoms with Gasteiger partial charge in [0, 0.05) is 17.9 Å². The van der Waals surface area contributed by atoms with Crippen molar-refractivity contribution in [3.8, 4) is 0 Å². The monoisotopic (exact) mass is 332 g/mol. The number of ether oxygens (including phenoxy) is 1. The van der Waals surface area contributed by atoms with Crippen LogP contribution in [-0.2, 0) is 14.1 Å². The van der Waals surface area contributed by atoms with E-state index < -0.39 is 7.37 Å². The van der Waals surface area contributed by atoms with Gasteiger partial charge in [0.15, 0.2) is 0 Å². The van der Waals surface area contributed by atoms with Crippen LogP contribution < -0.4 is 0 Å². The number of carbonyl (C=O) groups is 1. The molecule has 0 amide bonds. The Morgan fingerprint density at radius 3 is 2.05 bits per heavy atom. The number of hydrogen-bond acceptors (Lipinski definition) is 3. The summed E-state index contributed by atoms with van der Waals surface area (Å²) in [5.41, 5.74) is 0.402. The molecule has 0 fully saturated rings. The lowest BCUT2D eigenvalue weighted by Gasteiger charge is -2.11. The average molecular weight is 332 g/mol. The first kappa shape index (κ1) is 21.4. The minimum atomic E-state index is -2.95. The Balaban J connectivity index is 3.53. The summed E-state index contributed by atoms with van der Waals surface area (Å²) in [6.07, 6.45) is 9.88. The van der Waals surface area contributed by atoms with Crippen LogP contribution in [0.4, 0.5) is 0 Å². The second-order valence-corrected chi connectivity index (χ2v) is 8.63. The second-order valence-electron chi connectivity index (χ2n) is 6.04. The topological polar surface area (TPSA) is 63.6 Å². The van der Waals surface area contributed by atoms with Gasteiger partial charge in [0.2, 0.25) is 7.37 Å². The number of unbranched alkanes of at least 4 members (excludes halogenated alkanes) is 7. The standard InChI is InChI=1S/C17H33O4P/c1-4-5-6-7-8-11-14-22(19,20)15-12-9-10-13-21-17(18)16(2)3/h2,4-15H2,1,3H3,(H,19,20). The quantitative estimate of drug-likeness (QED) is 0.212. The molecule has 22 heavy (non-hydrogen) atoms. The van der Waals surface area contributed by atoms with E-state index in [0.717, 1.165) is 25.7 Å². The van der Waals surface area contributed by atoms with Crippen molar-refractivity contribution in [1.82, 2.24) is 0 Å².